The summed E-state index contributed by atoms with van der Waals surface area (Å²) in [6.07, 6.45) is 2.34. The van der Waals surface area contributed by atoms with Gasteiger partial charge in [-0.05, 0) is 47.7 Å². The molecule has 9 nitrogen and oxygen atoms in total. The zero-order valence-corrected chi connectivity index (χ0v) is 23.7. The molecule has 214 valence electrons. The van der Waals surface area contributed by atoms with Crippen molar-refractivity contribution in [2.45, 2.75) is 39.3 Å². The first kappa shape index (κ1) is 27.3. The van der Waals surface area contributed by atoms with Crippen LogP contribution in [0.5, 0.6) is 5.75 Å². The highest BCUT2D eigenvalue weighted by molar-refractivity contribution is 6.02. The molecule has 0 atom stereocenters. The minimum absolute atomic E-state index is 0.0492. The number of nitrogens with zero attached hydrogens (tertiary/aromatic N) is 4. The number of anilines is 1. The van der Waals surface area contributed by atoms with Gasteiger partial charge in [-0.1, -0.05) is 49.4 Å². The van der Waals surface area contributed by atoms with E-state index in [4.69, 9.17) is 20.3 Å². The zero-order chi connectivity index (χ0) is 29.2. The van der Waals surface area contributed by atoms with E-state index in [1.54, 1.807) is 13.1 Å². The minimum atomic E-state index is -0.297. The molecule has 1 amide bonds. The third-order valence-corrected chi connectivity index (χ3v) is 7.79. The maximum Gasteiger partial charge on any atom is 0.310 e. The van der Waals surface area contributed by atoms with Crippen LogP contribution in [0.1, 0.15) is 37.6 Å². The quantitative estimate of drug-likeness (QED) is 0.242. The number of hydrogen-bond acceptors (Lipinski definition) is 7. The highest BCUT2D eigenvalue weighted by atomic mass is 16.5. The van der Waals surface area contributed by atoms with Crippen molar-refractivity contribution in [3.63, 3.8) is 0 Å². The molecule has 6 rings (SSSR count). The van der Waals surface area contributed by atoms with E-state index < -0.39 is 0 Å². The van der Waals surface area contributed by atoms with Crippen molar-refractivity contribution in [1.29, 1.82) is 0 Å². The largest absolute Gasteiger partial charge is 0.487 e. The smallest absolute Gasteiger partial charge is 0.310 e. The monoisotopic (exact) mass is 563 g/mol. The fourth-order valence-electron chi connectivity index (χ4n) is 5.59. The molecule has 2 aromatic heterocycles. The van der Waals surface area contributed by atoms with Gasteiger partial charge in [0.05, 0.1) is 30.3 Å². The number of esters is 1. The summed E-state index contributed by atoms with van der Waals surface area (Å²) in [6, 6.07) is 21.8. The van der Waals surface area contributed by atoms with Gasteiger partial charge in [-0.2, -0.15) is 5.10 Å². The van der Waals surface area contributed by atoms with E-state index in [1.807, 2.05) is 65.0 Å². The molecule has 2 N–H and O–H groups in total. The Kier molecular flexibility index (Phi) is 7.48. The number of rotatable bonds is 9. The van der Waals surface area contributed by atoms with Crippen LogP contribution in [-0.2, 0) is 27.4 Å². The van der Waals surface area contributed by atoms with E-state index in [0.717, 1.165) is 44.1 Å². The normalized spacial score (nSPS) is 13.3. The van der Waals surface area contributed by atoms with Crippen LogP contribution in [0.15, 0.2) is 72.9 Å². The third kappa shape index (κ3) is 5.13. The molecule has 0 unspecified atom stereocenters. The van der Waals surface area contributed by atoms with Crippen LogP contribution in [0.25, 0.3) is 32.8 Å². The lowest BCUT2D eigenvalue weighted by atomic mass is 9.97. The summed E-state index contributed by atoms with van der Waals surface area (Å²) in [4.78, 5) is 30.6. The summed E-state index contributed by atoms with van der Waals surface area (Å²) in [7, 11) is 0. The maximum absolute atomic E-state index is 12.3. The number of ether oxygens (including phenoxy) is 2. The predicted octanol–water partition coefficient (Wildman–Crippen LogP) is 5.31. The van der Waals surface area contributed by atoms with Crippen molar-refractivity contribution in [3.8, 4) is 16.9 Å². The van der Waals surface area contributed by atoms with Gasteiger partial charge in [0.2, 0.25) is 5.91 Å². The molecule has 1 aliphatic heterocycles. The molecular formula is C33H33N5O4. The highest BCUT2D eigenvalue weighted by Gasteiger charge is 2.33. The number of benzene rings is 3. The molecule has 0 aliphatic carbocycles. The Morgan fingerprint density at radius 1 is 0.976 bits per heavy atom. The fraction of sp³-hybridized carbons (Fsp3) is 0.273. The molecule has 1 aliphatic rings. The van der Waals surface area contributed by atoms with E-state index in [9.17, 15) is 9.59 Å². The number of nitrogen functional groups attached to an aromatic ring is 1. The summed E-state index contributed by atoms with van der Waals surface area (Å²) in [5.74, 6) is 0.960. The molecule has 1 fully saturated rings. The van der Waals surface area contributed by atoms with Crippen LogP contribution in [0.4, 0.5) is 5.82 Å². The molecule has 0 bridgehead atoms. The third-order valence-electron chi connectivity index (χ3n) is 7.79. The number of para-hydroxylation sites is 1. The summed E-state index contributed by atoms with van der Waals surface area (Å²) >= 11 is 0. The Hall–Kier alpha value is -4.92. The zero-order valence-electron chi connectivity index (χ0n) is 23.7. The van der Waals surface area contributed by atoms with Crippen molar-refractivity contribution in [1.82, 2.24) is 19.7 Å². The van der Waals surface area contributed by atoms with Gasteiger partial charge < -0.3 is 20.1 Å². The molecule has 5 aromatic rings. The maximum atomic E-state index is 12.3. The van der Waals surface area contributed by atoms with Crippen molar-refractivity contribution < 1.29 is 19.1 Å². The fourth-order valence-corrected chi connectivity index (χ4v) is 5.59. The number of pyridine rings is 1. The summed E-state index contributed by atoms with van der Waals surface area (Å²) < 4.78 is 13.5. The Morgan fingerprint density at radius 3 is 2.62 bits per heavy atom. The minimum Gasteiger partial charge on any atom is -0.487 e. The van der Waals surface area contributed by atoms with E-state index in [2.05, 4.69) is 23.2 Å². The number of fused-ring (bicyclic) bond motifs is 2. The average molecular weight is 564 g/mol. The predicted molar refractivity (Wildman–Crippen MR) is 162 cm³/mol. The average Bonchev–Trinajstić information content (AvgIpc) is 3.33. The molecule has 0 radical (unpaired) electrons. The first-order valence-electron chi connectivity index (χ1n) is 14.3. The van der Waals surface area contributed by atoms with Gasteiger partial charge in [0, 0.05) is 42.0 Å². The van der Waals surface area contributed by atoms with Gasteiger partial charge in [0.15, 0.2) is 0 Å². The second-order valence-electron chi connectivity index (χ2n) is 10.4. The molecule has 3 aromatic carbocycles. The number of likely N-dealkylation sites (tertiary alicyclic amines) is 1. The summed E-state index contributed by atoms with van der Waals surface area (Å²) in [5, 5.41) is 7.86. The molecule has 3 heterocycles. The van der Waals surface area contributed by atoms with E-state index in [0.29, 0.717) is 37.7 Å². The molecule has 42 heavy (non-hydrogen) atoms. The van der Waals surface area contributed by atoms with Crippen LogP contribution in [0.2, 0.25) is 0 Å². The molecule has 9 heteroatoms. The summed E-state index contributed by atoms with van der Waals surface area (Å²) in [5.41, 5.74) is 10.8. The number of hydrogen-bond donors (Lipinski definition) is 1. The lowest BCUT2D eigenvalue weighted by molar-refractivity contribution is -0.142. The van der Waals surface area contributed by atoms with Crippen molar-refractivity contribution >= 4 is 39.4 Å². The number of carbonyl (C=O) groups excluding carboxylic acids is 2. The Bertz CT molecular complexity index is 1790. The number of nitrogens with two attached hydrogens (primary N) is 1. The van der Waals surface area contributed by atoms with Gasteiger partial charge in [-0.15, -0.1) is 0 Å². The van der Waals surface area contributed by atoms with E-state index in [-0.39, 0.29) is 30.9 Å². The van der Waals surface area contributed by atoms with Crippen LogP contribution < -0.4 is 10.5 Å². The standard InChI is InChI=1S/C33H33N5O4/c1-3-31(39)37-18-23(19-37)38-29(20-42-30-11-6-5-8-22(30)17-32(40)41-4-2)27-16-21(12-13-28(27)36-38)24-9-7-10-26-25(24)14-15-35-33(26)34/h5-16,23H,3-4,17-20H2,1-2H3,(H2,34,35). The van der Waals surface area contributed by atoms with Gasteiger partial charge >= 0.3 is 5.97 Å². The van der Waals surface area contributed by atoms with Crippen LogP contribution >= 0.6 is 0 Å². The Morgan fingerprint density at radius 2 is 1.81 bits per heavy atom. The first-order chi connectivity index (χ1) is 20.5. The van der Waals surface area contributed by atoms with Crippen LogP contribution in [-0.4, -0.2) is 51.2 Å². The number of aromatic nitrogens is 3. The molecule has 0 saturated carbocycles. The molecule has 1 saturated heterocycles. The van der Waals surface area contributed by atoms with Crippen molar-refractivity contribution in [3.05, 3.63) is 84.2 Å². The molecule has 0 spiro atoms. The number of carbonyl (C=O) groups is 2. The van der Waals surface area contributed by atoms with E-state index in [1.165, 1.54) is 0 Å². The van der Waals surface area contributed by atoms with Crippen LogP contribution in [0, 0.1) is 0 Å². The SMILES string of the molecule is CCOC(=O)Cc1ccccc1OCc1c2cc(-c3cccc4c(N)nccc34)ccc2nn1C1CN(C(=O)CC)C1. The second-order valence-corrected chi connectivity index (χ2v) is 10.4. The van der Waals surface area contributed by atoms with Crippen molar-refractivity contribution in [2.24, 2.45) is 0 Å². The van der Waals surface area contributed by atoms with Crippen LogP contribution in [0.3, 0.4) is 0 Å². The van der Waals surface area contributed by atoms with Gasteiger partial charge in [0.1, 0.15) is 18.2 Å². The molecular weight excluding hydrogens is 530 g/mol. The summed E-state index contributed by atoms with van der Waals surface area (Å²) in [6.45, 7) is 5.45. The topological polar surface area (TPSA) is 113 Å². The van der Waals surface area contributed by atoms with Gasteiger partial charge in [-0.25, -0.2) is 4.98 Å². The Labute approximate surface area is 243 Å². The lowest BCUT2D eigenvalue weighted by Crippen LogP contribution is -2.51. The van der Waals surface area contributed by atoms with Gasteiger partial charge in [-0.3, -0.25) is 14.3 Å². The van der Waals surface area contributed by atoms with Crippen molar-refractivity contribution in [2.75, 3.05) is 25.4 Å². The van der Waals surface area contributed by atoms with E-state index >= 15 is 0 Å². The lowest BCUT2D eigenvalue weighted by Gasteiger charge is -2.39. The second kappa shape index (κ2) is 11.5. The highest BCUT2D eigenvalue weighted by Crippen LogP contribution is 2.35. The first-order valence-corrected chi connectivity index (χ1v) is 14.3. The Balaban J connectivity index is 1.39. The van der Waals surface area contributed by atoms with Gasteiger partial charge in [0.25, 0.3) is 0 Å². The number of amides is 1.